The SMILES string of the molecule is CS(=O)(=O)OC1(C(N)=O)CCCCC1CS(=O)(=O)c1ccc(SCCN(CC#N)c2cccnc2Cl)cc1. The van der Waals surface area contributed by atoms with Crippen LogP contribution in [-0.4, -0.2) is 64.2 Å². The fraction of sp³-hybridized carbons (Fsp3) is 0.458. The summed E-state index contributed by atoms with van der Waals surface area (Å²) in [4.78, 5) is 19.1. The van der Waals surface area contributed by atoms with Gasteiger partial charge in [-0.3, -0.25) is 8.98 Å². The van der Waals surface area contributed by atoms with Gasteiger partial charge in [-0.05, 0) is 55.7 Å². The molecule has 2 aromatic rings. The number of carbonyl (C=O) groups excluding carboxylic acids is 1. The lowest BCUT2D eigenvalue weighted by Gasteiger charge is -2.40. The Morgan fingerprint density at radius 2 is 1.97 bits per heavy atom. The first-order valence-electron chi connectivity index (χ1n) is 11.8. The van der Waals surface area contributed by atoms with E-state index in [4.69, 9.17) is 26.8 Å². The highest BCUT2D eigenvalue weighted by molar-refractivity contribution is 7.99. The average Bonchev–Trinajstić information content (AvgIpc) is 2.84. The molecule has 206 valence electrons. The van der Waals surface area contributed by atoms with E-state index in [0.717, 1.165) is 11.2 Å². The summed E-state index contributed by atoms with van der Waals surface area (Å²) < 4.78 is 55.4. The molecule has 38 heavy (non-hydrogen) atoms. The predicted octanol–water partition coefficient (Wildman–Crippen LogP) is 3.02. The minimum absolute atomic E-state index is 0.0399. The molecule has 2 unspecified atom stereocenters. The van der Waals surface area contributed by atoms with E-state index in [0.29, 0.717) is 42.4 Å². The van der Waals surface area contributed by atoms with E-state index in [1.807, 2.05) is 4.90 Å². The highest BCUT2D eigenvalue weighted by Crippen LogP contribution is 2.40. The first kappa shape index (κ1) is 30.2. The summed E-state index contributed by atoms with van der Waals surface area (Å²) in [7, 11) is -7.93. The van der Waals surface area contributed by atoms with Crippen LogP contribution in [-0.2, 0) is 28.9 Å². The van der Waals surface area contributed by atoms with Crippen molar-refractivity contribution in [1.29, 1.82) is 5.26 Å². The smallest absolute Gasteiger partial charge is 0.265 e. The van der Waals surface area contributed by atoms with Gasteiger partial charge in [-0.25, -0.2) is 13.4 Å². The summed E-state index contributed by atoms with van der Waals surface area (Å²) in [6, 6.07) is 12.0. The number of aromatic nitrogens is 1. The Labute approximate surface area is 232 Å². The highest BCUT2D eigenvalue weighted by Gasteiger charge is 2.51. The van der Waals surface area contributed by atoms with Crippen molar-refractivity contribution >= 4 is 54.9 Å². The lowest BCUT2D eigenvalue weighted by Crippen LogP contribution is -2.56. The van der Waals surface area contributed by atoms with Crippen LogP contribution in [0.4, 0.5) is 5.69 Å². The topological polar surface area (TPSA) is 161 Å². The molecule has 0 radical (unpaired) electrons. The van der Waals surface area contributed by atoms with Crippen molar-refractivity contribution in [2.75, 3.05) is 35.8 Å². The van der Waals surface area contributed by atoms with Gasteiger partial charge in [0.05, 0.1) is 28.7 Å². The summed E-state index contributed by atoms with van der Waals surface area (Å²) in [6.07, 6.45) is 3.86. The molecular weight excluding hydrogens is 572 g/mol. The molecule has 3 rings (SSSR count). The number of nitrogens with zero attached hydrogens (tertiary/aromatic N) is 3. The van der Waals surface area contributed by atoms with Gasteiger partial charge < -0.3 is 10.6 Å². The van der Waals surface area contributed by atoms with Crippen molar-refractivity contribution in [2.45, 2.75) is 41.1 Å². The van der Waals surface area contributed by atoms with Gasteiger partial charge in [0.15, 0.2) is 20.6 Å². The van der Waals surface area contributed by atoms with Crippen LogP contribution in [0, 0.1) is 17.2 Å². The number of nitriles is 1. The van der Waals surface area contributed by atoms with Gasteiger partial charge in [-0.15, -0.1) is 11.8 Å². The molecule has 1 saturated carbocycles. The molecule has 1 fully saturated rings. The minimum Gasteiger partial charge on any atom is -0.367 e. The average molecular weight is 601 g/mol. The van der Waals surface area contributed by atoms with Crippen LogP contribution >= 0.6 is 23.4 Å². The van der Waals surface area contributed by atoms with Crippen LogP contribution < -0.4 is 10.6 Å². The molecule has 1 aromatic carbocycles. The number of hydrogen-bond acceptors (Lipinski definition) is 10. The van der Waals surface area contributed by atoms with Crippen molar-refractivity contribution < 1.29 is 25.8 Å². The van der Waals surface area contributed by atoms with E-state index in [9.17, 15) is 21.6 Å². The molecule has 2 atom stereocenters. The maximum Gasteiger partial charge on any atom is 0.265 e. The van der Waals surface area contributed by atoms with Crippen LogP contribution in [0.3, 0.4) is 0 Å². The van der Waals surface area contributed by atoms with Crippen LogP contribution in [0.2, 0.25) is 5.15 Å². The normalized spacial score (nSPS) is 20.0. The number of primary amides is 1. The molecule has 1 aromatic heterocycles. The second-order valence-corrected chi connectivity index (χ2v) is 14.1. The molecule has 0 saturated heterocycles. The zero-order chi connectivity index (χ0) is 28.0. The first-order valence-corrected chi connectivity index (χ1v) is 16.6. The molecule has 0 aliphatic heterocycles. The number of hydrogen-bond donors (Lipinski definition) is 1. The van der Waals surface area contributed by atoms with Crippen LogP contribution in [0.25, 0.3) is 0 Å². The lowest BCUT2D eigenvalue weighted by atomic mass is 9.76. The van der Waals surface area contributed by atoms with Crippen LogP contribution in [0.1, 0.15) is 25.7 Å². The number of sulfone groups is 1. The quantitative estimate of drug-likeness (QED) is 0.166. The number of carbonyl (C=O) groups is 1. The second kappa shape index (κ2) is 12.7. The zero-order valence-electron chi connectivity index (χ0n) is 20.7. The van der Waals surface area contributed by atoms with Crippen molar-refractivity contribution in [1.82, 2.24) is 4.98 Å². The summed E-state index contributed by atoms with van der Waals surface area (Å²) >= 11 is 7.64. The van der Waals surface area contributed by atoms with Gasteiger partial charge in [-0.1, -0.05) is 18.0 Å². The van der Waals surface area contributed by atoms with Crippen molar-refractivity contribution in [3.8, 4) is 6.07 Å². The summed E-state index contributed by atoms with van der Waals surface area (Å²) in [6.45, 7) is 0.654. The number of benzene rings is 1. The third-order valence-corrected chi connectivity index (χ3v) is 10.0. The number of thioether (sulfide) groups is 1. The largest absolute Gasteiger partial charge is 0.367 e. The fourth-order valence-electron chi connectivity index (χ4n) is 4.54. The Hall–Kier alpha value is -2.37. The van der Waals surface area contributed by atoms with Crippen molar-refractivity contribution in [2.24, 2.45) is 11.7 Å². The van der Waals surface area contributed by atoms with Gasteiger partial charge >= 0.3 is 0 Å². The maximum absolute atomic E-state index is 13.2. The summed E-state index contributed by atoms with van der Waals surface area (Å²) in [5.41, 5.74) is 4.32. The molecule has 0 bridgehead atoms. The molecule has 0 spiro atoms. The standard InChI is InChI=1S/C24H29ClN4O6S3/c1-37(31,32)35-24(23(27)30)11-3-2-5-18(24)17-38(33,34)20-9-7-19(8-10-20)36-16-15-29(14-12-26)21-6-4-13-28-22(21)25/h4,6-10,13,18H,2-3,5,11,14-17H2,1H3,(H2,27,30). The van der Waals surface area contributed by atoms with Gasteiger partial charge in [-0.2, -0.15) is 13.7 Å². The summed E-state index contributed by atoms with van der Waals surface area (Å²) in [5.74, 6) is -1.74. The van der Waals surface area contributed by atoms with Gasteiger partial charge in [0, 0.05) is 29.3 Å². The predicted molar refractivity (Wildman–Crippen MR) is 146 cm³/mol. The third kappa shape index (κ3) is 7.60. The van der Waals surface area contributed by atoms with E-state index in [-0.39, 0.29) is 17.9 Å². The van der Waals surface area contributed by atoms with Gasteiger partial charge in [0.1, 0.15) is 6.54 Å². The Morgan fingerprint density at radius 1 is 1.26 bits per heavy atom. The number of anilines is 1. The van der Waals surface area contributed by atoms with E-state index in [1.165, 1.54) is 23.9 Å². The van der Waals surface area contributed by atoms with Gasteiger partial charge in [0.2, 0.25) is 0 Å². The van der Waals surface area contributed by atoms with E-state index in [2.05, 4.69) is 11.1 Å². The third-order valence-electron chi connectivity index (χ3n) is 6.30. The number of rotatable bonds is 12. The molecule has 10 nitrogen and oxygen atoms in total. The minimum atomic E-state index is -4.06. The molecule has 1 aliphatic carbocycles. The molecule has 2 N–H and O–H groups in total. The highest BCUT2D eigenvalue weighted by atomic mass is 35.5. The molecule has 1 aliphatic rings. The van der Waals surface area contributed by atoms with Gasteiger partial charge in [0.25, 0.3) is 16.0 Å². The monoisotopic (exact) mass is 600 g/mol. The number of halogens is 1. The lowest BCUT2D eigenvalue weighted by molar-refractivity contribution is -0.140. The van der Waals surface area contributed by atoms with Crippen LogP contribution in [0.5, 0.6) is 0 Å². The number of nitrogens with two attached hydrogens (primary N) is 1. The van der Waals surface area contributed by atoms with Crippen molar-refractivity contribution in [3.63, 3.8) is 0 Å². The number of pyridine rings is 1. The zero-order valence-corrected chi connectivity index (χ0v) is 24.0. The van der Waals surface area contributed by atoms with E-state index in [1.54, 1.807) is 30.5 Å². The van der Waals surface area contributed by atoms with E-state index >= 15 is 0 Å². The molecule has 1 amide bonds. The maximum atomic E-state index is 13.2. The Balaban J connectivity index is 1.69. The second-order valence-electron chi connectivity index (χ2n) is 8.98. The summed E-state index contributed by atoms with van der Waals surface area (Å²) in [5, 5.41) is 9.47. The number of amides is 1. The first-order chi connectivity index (χ1) is 17.9. The van der Waals surface area contributed by atoms with E-state index < -0.39 is 43.1 Å². The Morgan fingerprint density at radius 3 is 2.58 bits per heavy atom. The Kier molecular flexibility index (Phi) is 10.0. The van der Waals surface area contributed by atoms with Crippen LogP contribution in [0.15, 0.2) is 52.4 Å². The Bertz CT molecular complexity index is 1400. The molecule has 1 heterocycles. The molecule has 14 heteroatoms. The van der Waals surface area contributed by atoms with Crippen molar-refractivity contribution in [3.05, 3.63) is 47.7 Å². The molecular formula is C24H29ClN4O6S3. The fourth-order valence-corrected chi connectivity index (χ4v) is 8.21.